The predicted molar refractivity (Wildman–Crippen MR) is 56.1 cm³/mol. The van der Waals surface area contributed by atoms with E-state index in [1.165, 1.54) is 0 Å². The first-order valence-corrected chi connectivity index (χ1v) is 5.20. The molecule has 2 aromatic rings. The predicted octanol–water partition coefficient (Wildman–Crippen LogP) is 1.42. The molecular weight excluding hydrogens is 246 g/mol. The summed E-state index contributed by atoms with van der Waals surface area (Å²) in [5.41, 5.74) is 0.834. The molecule has 0 radical (unpaired) electrons. The summed E-state index contributed by atoms with van der Waals surface area (Å²) in [5, 5.41) is 13.0. The third kappa shape index (κ3) is 1.93. The first kappa shape index (κ1) is 9.61. The zero-order valence-electron chi connectivity index (χ0n) is 7.52. The average Bonchev–Trinajstić information content (AvgIpc) is 2.56. The Kier molecular flexibility index (Phi) is 2.79. The van der Waals surface area contributed by atoms with E-state index >= 15 is 0 Å². The molecule has 0 aliphatic carbocycles. The summed E-state index contributed by atoms with van der Waals surface area (Å²) in [4.78, 5) is 4.31. The van der Waals surface area contributed by atoms with Crippen molar-refractivity contribution in [2.45, 2.75) is 12.8 Å². The van der Waals surface area contributed by atoms with Crippen LogP contribution in [0.25, 0.3) is 5.65 Å². The zero-order valence-corrected chi connectivity index (χ0v) is 9.11. The second-order valence-corrected chi connectivity index (χ2v) is 3.92. The van der Waals surface area contributed by atoms with Crippen molar-refractivity contribution in [1.29, 1.82) is 0 Å². The van der Waals surface area contributed by atoms with Gasteiger partial charge in [0.15, 0.2) is 11.5 Å². The van der Waals surface area contributed by atoms with Gasteiger partial charge in [0.1, 0.15) is 0 Å². The summed E-state index contributed by atoms with van der Waals surface area (Å²) in [6.07, 6.45) is 3.29. The quantitative estimate of drug-likeness (QED) is 0.903. The van der Waals surface area contributed by atoms with E-state index in [0.717, 1.165) is 22.4 Å². The van der Waals surface area contributed by atoms with E-state index in [4.69, 9.17) is 5.11 Å². The topological polar surface area (TPSA) is 50.4 Å². The van der Waals surface area contributed by atoms with Crippen LogP contribution < -0.4 is 0 Å². The largest absolute Gasteiger partial charge is 0.396 e. The van der Waals surface area contributed by atoms with E-state index in [9.17, 15) is 0 Å². The molecule has 14 heavy (non-hydrogen) atoms. The average molecular weight is 256 g/mol. The number of aliphatic hydroxyl groups is 1. The number of aromatic nitrogens is 3. The van der Waals surface area contributed by atoms with Crippen LogP contribution in [-0.4, -0.2) is 26.3 Å². The monoisotopic (exact) mass is 255 g/mol. The van der Waals surface area contributed by atoms with Crippen LogP contribution in [0.2, 0.25) is 0 Å². The van der Waals surface area contributed by atoms with Gasteiger partial charge in [-0.25, -0.2) is 9.50 Å². The van der Waals surface area contributed by atoms with Crippen molar-refractivity contribution in [2.75, 3.05) is 6.61 Å². The number of fused-ring (bicyclic) bond motifs is 1. The van der Waals surface area contributed by atoms with Gasteiger partial charge in [-0.3, -0.25) is 0 Å². The Labute approximate surface area is 89.7 Å². The summed E-state index contributed by atoms with van der Waals surface area (Å²) in [5.74, 6) is 0.775. The van der Waals surface area contributed by atoms with Crippen molar-refractivity contribution < 1.29 is 5.11 Å². The smallest absolute Gasteiger partial charge is 0.155 e. The van der Waals surface area contributed by atoms with E-state index in [1.54, 1.807) is 4.52 Å². The van der Waals surface area contributed by atoms with Gasteiger partial charge in [-0.1, -0.05) is 0 Å². The summed E-state index contributed by atoms with van der Waals surface area (Å²) in [6, 6.07) is 3.83. The summed E-state index contributed by atoms with van der Waals surface area (Å²) < 4.78 is 2.71. The molecule has 0 spiro atoms. The lowest BCUT2D eigenvalue weighted by atomic mass is 10.3. The van der Waals surface area contributed by atoms with Crippen LogP contribution in [0.1, 0.15) is 12.2 Å². The molecule has 0 saturated heterocycles. The lowest BCUT2D eigenvalue weighted by Gasteiger charge is -1.90. The van der Waals surface area contributed by atoms with Gasteiger partial charge in [0.2, 0.25) is 0 Å². The molecule has 0 bridgehead atoms. The Morgan fingerprint density at radius 2 is 2.29 bits per heavy atom. The van der Waals surface area contributed by atoms with E-state index in [0.29, 0.717) is 6.42 Å². The second kappa shape index (κ2) is 4.06. The number of nitrogens with zero attached hydrogens (tertiary/aromatic N) is 3. The number of aryl methyl sites for hydroxylation is 1. The summed E-state index contributed by atoms with van der Waals surface area (Å²) >= 11 is 3.37. The van der Waals surface area contributed by atoms with E-state index < -0.39 is 0 Å². The van der Waals surface area contributed by atoms with Crippen molar-refractivity contribution in [2.24, 2.45) is 0 Å². The lowest BCUT2D eigenvalue weighted by Crippen LogP contribution is -1.92. The Bertz CT molecular complexity index is 441. The molecule has 74 valence electrons. The maximum Gasteiger partial charge on any atom is 0.155 e. The third-order valence-corrected chi connectivity index (χ3v) is 2.37. The van der Waals surface area contributed by atoms with Gasteiger partial charge in [-0.15, -0.1) is 0 Å². The van der Waals surface area contributed by atoms with Gasteiger partial charge in [0.25, 0.3) is 0 Å². The van der Waals surface area contributed by atoms with Crippen molar-refractivity contribution >= 4 is 21.6 Å². The molecule has 0 unspecified atom stereocenters. The van der Waals surface area contributed by atoms with Gasteiger partial charge in [-0.05, 0) is 34.5 Å². The van der Waals surface area contributed by atoms with Gasteiger partial charge in [0.05, 0.1) is 0 Å². The Balaban J connectivity index is 2.32. The minimum atomic E-state index is 0.180. The molecule has 0 saturated carbocycles. The van der Waals surface area contributed by atoms with E-state index in [-0.39, 0.29) is 6.61 Å². The Morgan fingerprint density at radius 1 is 1.43 bits per heavy atom. The van der Waals surface area contributed by atoms with Crippen LogP contribution in [0.15, 0.2) is 22.8 Å². The third-order valence-electron chi connectivity index (χ3n) is 1.90. The van der Waals surface area contributed by atoms with Crippen molar-refractivity contribution in [3.05, 3.63) is 28.6 Å². The highest BCUT2D eigenvalue weighted by atomic mass is 79.9. The number of halogens is 1. The van der Waals surface area contributed by atoms with Gasteiger partial charge < -0.3 is 5.11 Å². The summed E-state index contributed by atoms with van der Waals surface area (Å²) in [6.45, 7) is 0.180. The number of rotatable bonds is 3. The van der Waals surface area contributed by atoms with E-state index in [1.807, 2.05) is 18.3 Å². The maximum absolute atomic E-state index is 8.68. The molecule has 2 heterocycles. The summed E-state index contributed by atoms with van der Waals surface area (Å²) in [7, 11) is 0. The number of pyridine rings is 1. The minimum absolute atomic E-state index is 0.180. The van der Waals surface area contributed by atoms with Gasteiger partial charge >= 0.3 is 0 Å². The van der Waals surface area contributed by atoms with Crippen molar-refractivity contribution in [1.82, 2.24) is 14.6 Å². The Morgan fingerprint density at radius 3 is 3.07 bits per heavy atom. The van der Waals surface area contributed by atoms with Gasteiger partial charge in [0, 0.05) is 23.7 Å². The number of hydrogen-bond donors (Lipinski definition) is 1. The normalized spacial score (nSPS) is 11.0. The zero-order chi connectivity index (χ0) is 9.97. The van der Waals surface area contributed by atoms with Crippen LogP contribution in [0, 0.1) is 0 Å². The minimum Gasteiger partial charge on any atom is -0.396 e. The lowest BCUT2D eigenvalue weighted by molar-refractivity contribution is 0.287. The number of hydrogen-bond acceptors (Lipinski definition) is 3. The molecule has 0 amide bonds. The molecule has 2 rings (SSSR count). The van der Waals surface area contributed by atoms with Crippen molar-refractivity contribution in [3.8, 4) is 0 Å². The van der Waals surface area contributed by atoms with Gasteiger partial charge in [-0.2, -0.15) is 5.10 Å². The molecule has 5 heteroatoms. The molecule has 0 fully saturated rings. The molecule has 0 atom stereocenters. The first-order chi connectivity index (χ1) is 6.79. The maximum atomic E-state index is 8.68. The molecule has 1 N–H and O–H groups in total. The van der Waals surface area contributed by atoms with E-state index in [2.05, 4.69) is 26.0 Å². The highest BCUT2D eigenvalue weighted by Gasteiger charge is 2.02. The standard InChI is InChI=1S/C9H10BrN3O/c10-7-3-4-9-11-8(2-1-5-14)12-13(9)6-7/h3-4,6,14H,1-2,5H2. The van der Waals surface area contributed by atoms with Crippen LogP contribution in [0.3, 0.4) is 0 Å². The highest BCUT2D eigenvalue weighted by Crippen LogP contribution is 2.10. The second-order valence-electron chi connectivity index (χ2n) is 3.01. The number of aliphatic hydroxyl groups excluding tert-OH is 1. The fourth-order valence-corrected chi connectivity index (χ4v) is 1.57. The van der Waals surface area contributed by atoms with Crippen LogP contribution >= 0.6 is 15.9 Å². The SMILES string of the molecule is OCCCc1nc2ccc(Br)cn2n1. The fraction of sp³-hybridized carbons (Fsp3) is 0.333. The molecule has 4 nitrogen and oxygen atoms in total. The van der Waals surface area contributed by atoms with Crippen molar-refractivity contribution in [3.63, 3.8) is 0 Å². The molecule has 2 aromatic heterocycles. The molecule has 0 aliphatic rings. The van der Waals surface area contributed by atoms with Crippen LogP contribution in [-0.2, 0) is 6.42 Å². The van der Waals surface area contributed by atoms with Crippen LogP contribution in [0.5, 0.6) is 0 Å². The Hall–Kier alpha value is -0.940. The fourth-order valence-electron chi connectivity index (χ4n) is 1.25. The highest BCUT2D eigenvalue weighted by molar-refractivity contribution is 9.10. The molecule has 0 aliphatic heterocycles. The first-order valence-electron chi connectivity index (χ1n) is 4.41. The molecule has 0 aromatic carbocycles. The van der Waals surface area contributed by atoms with Crippen LogP contribution in [0.4, 0.5) is 0 Å². The molecular formula is C9H10BrN3O.